The smallest absolute Gasteiger partial charge is 0.238 e. The zero-order valence-electron chi connectivity index (χ0n) is 10.9. The Kier molecular flexibility index (Phi) is 3.42. The standard InChI is InChI=1S/C11H18N6O/c1-11(2,3)10-15-14-9(18-10)7-17-6-8(4-5-12)13-16-17/h6H,4-5,7,12H2,1-3H3. The van der Waals surface area contributed by atoms with Crippen molar-refractivity contribution >= 4 is 0 Å². The lowest BCUT2D eigenvalue weighted by Crippen LogP contribution is -2.11. The van der Waals surface area contributed by atoms with Crippen molar-refractivity contribution in [3.63, 3.8) is 0 Å². The summed E-state index contributed by atoms with van der Waals surface area (Å²) in [5.74, 6) is 1.16. The minimum Gasteiger partial charge on any atom is -0.423 e. The van der Waals surface area contributed by atoms with Crippen molar-refractivity contribution in [3.8, 4) is 0 Å². The maximum atomic E-state index is 5.59. The van der Waals surface area contributed by atoms with Crippen molar-refractivity contribution in [1.29, 1.82) is 0 Å². The molecule has 0 saturated heterocycles. The number of hydrogen-bond donors (Lipinski definition) is 1. The van der Waals surface area contributed by atoms with Crippen molar-refractivity contribution < 1.29 is 4.42 Å². The average Bonchev–Trinajstić information content (AvgIpc) is 2.88. The molecule has 98 valence electrons. The van der Waals surface area contributed by atoms with Crippen LogP contribution in [0.4, 0.5) is 0 Å². The van der Waals surface area contributed by atoms with Gasteiger partial charge in [0.05, 0.1) is 5.69 Å². The first kappa shape index (κ1) is 12.7. The molecule has 0 aliphatic carbocycles. The normalized spacial score (nSPS) is 12.0. The summed E-state index contributed by atoms with van der Waals surface area (Å²) in [6, 6.07) is 0. The lowest BCUT2D eigenvalue weighted by Gasteiger charge is -2.10. The van der Waals surface area contributed by atoms with Crippen LogP contribution in [0.3, 0.4) is 0 Å². The van der Waals surface area contributed by atoms with Crippen LogP contribution in [0.25, 0.3) is 0 Å². The molecular formula is C11H18N6O. The molecule has 18 heavy (non-hydrogen) atoms. The topological polar surface area (TPSA) is 95.7 Å². The van der Waals surface area contributed by atoms with E-state index in [-0.39, 0.29) is 5.41 Å². The van der Waals surface area contributed by atoms with Crippen molar-refractivity contribution in [2.45, 2.75) is 39.2 Å². The van der Waals surface area contributed by atoms with Crippen LogP contribution in [0.2, 0.25) is 0 Å². The molecule has 0 fully saturated rings. The highest BCUT2D eigenvalue weighted by molar-refractivity contribution is 4.97. The predicted octanol–water partition coefficient (Wildman–Crippen LogP) is 0.508. The molecule has 2 N–H and O–H groups in total. The summed E-state index contributed by atoms with van der Waals surface area (Å²) in [5.41, 5.74) is 6.18. The Morgan fingerprint density at radius 3 is 2.67 bits per heavy atom. The molecule has 0 spiro atoms. The Morgan fingerprint density at radius 2 is 2.06 bits per heavy atom. The molecule has 2 heterocycles. The van der Waals surface area contributed by atoms with Gasteiger partial charge in [-0.3, -0.25) is 0 Å². The van der Waals surface area contributed by atoms with Gasteiger partial charge in [0.25, 0.3) is 0 Å². The number of rotatable bonds is 4. The average molecular weight is 250 g/mol. The van der Waals surface area contributed by atoms with Crippen LogP contribution in [0.15, 0.2) is 10.6 Å². The Morgan fingerprint density at radius 1 is 1.28 bits per heavy atom. The Bertz CT molecular complexity index is 510. The molecule has 7 nitrogen and oxygen atoms in total. The van der Waals surface area contributed by atoms with E-state index in [0.29, 0.717) is 24.9 Å². The maximum Gasteiger partial charge on any atom is 0.238 e. The number of nitrogens with two attached hydrogens (primary N) is 1. The fourth-order valence-corrected chi connectivity index (χ4v) is 1.44. The number of nitrogens with zero attached hydrogens (tertiary/aromatic N) is 5. The molecule has 0 aromatic carbocycles. The molecule has 2 aromatic heterocycles. The first-order valence-corrected chi connectivity index (χ1v) is 5.91. The monoisotopic (exact) mass is 250 g/mol. The largest absolute Gasteiger partial charge is 0.423 e. The summed E-state index contributed by atoms with van der Waals surface area (Å²) >= 11 is 0. The summed E-state index contributed by atoms with van der Waals surface area (Å²) in [6.07, 6.45) is 2.56. The zero-order valence-corrected chi connectivity index (χ0v) is 10.9. The molecule has 2 aromatic rings. The van der Waals surface area contributed by atoms with Gasteiger partial charge >= 0.3 is 0 Å². The van der Waals surface area contributed by atoms with Gasteiger partial charge in [-0.25, -0.2) is 4.68 Å². The van der Waals surface area contributed by atoms with Gasteiger partial charge in [-0.2, -0.15) is 0 Å². The van der Waals surface area contributed by atoms with Crippen LogP contribution in [-0.2, 0) is 18.4 Å². The highest BCUT2D eigenvalue weighted by Crippen LogP contribution is 2.20. The molecular weight excluding hydrogens is 232 g/mol. The summed E-state index contributed by atoms with van der Waals surface area (Å²) in [6.45, 7) is 7.07. The molecule has 0 saturated carbocycles. The summed E-state index contributed by atoms with van der Waals surface area (Å²) < 4.78 is 7.26. The lowest BCUT2D eigenvalue weighted by molar-refractivity contribution is 0.362. The van der Waals surface area contributed by atoms with E-state index in [1.165, 1.54) is 0 Å². The quantitative estimate of drug-likeness (QED) is 0.849. The van der Waals surface area contributed by atoms with Crippen LogP contribution < -0.4 is 5.73 Å². The molecule has 0 aliphatic heterocycles. The van der Waals surface area contributed by atoms with E-state index in [2.05, 4.69) is 20.5 Å². The van der Waals surface area contributed by atoms with Gasteiger partial charge in [0.2, 0.25) is 11.8 Å². The first-order chi connectivity index (χ1) is 8.49. The first-order valence-electron chi connectivity index (χ1n) is 5.91. The fraction of sp³-hybridized carbons (Fsp3) is 0.636. The molecule has 0 bridgehead atoms. The lowest BCUT2D eigenvalue weighted by atomic mass is 9.97. The van der Waals surface area contributed by atoms with E-state index < -0.39 is 0 Å². The van der Waals surface area contributed by atoms with Gasteiger partial charge in [-0.05, 0) is 6.54 Å². The van der Waals surface area contributed by atoms with Crippen LogP contribution in [0, 0.1) is 0 Å². The SMILES string of the molecule is CC(C)(C)c1nnc(Cn2cc(CCN)nn2)o1. The van der Waals surface area contributed by atoms with E-state index in [1.54, 1.807) is 4.68 Å². The second-order valence-corrected chi connectivity index (χ2v) is 5.20. The van der Waals surface area contributed by atoms with Crippen LogP contribution in [0.5, 0.6) is 0 Å². The zero-order chi connectivity index (χ0) is 13.2. The molecule has 7 heteroatoms. The third-order valence-corrected chi connectivity index (χ3v) is 2.39. The molecule has 0 radical (unpaired) electrons. The van der Waals surface area contributed by atoms with E-state index in [4.69, 9.17) is 10.2 Å². The maximum absolute atomic E-state index is 5.59. The van der Waals surface area contributed by atoms with Gasteiger partial charge in [0.15, 0.2) is 0 Å². The van der Waals surface area contributed by atoms with E-state index in [1.807, 2.05) is 27.0 Å². The number of aromatic nitrogens is 5. The van der Waals surface area contributed by atoms with Crippen LogP contribution in [-0.4, -0.2) is 31.7 Å². The van der Waals surface area contributed by atoms with E-state index >= 15 is 0 Å². The highest BCUT2D eigenvalue weighted by atomic mass is 16.4. The molecule has 0 atom stereocenters. The highest BCUT2D eigenvalue weighted by Gasteiger charge is 2.21. The van der Waals surface area contributed by atoms with Crippen molar-refractivity contribution in [3.05, 3.63) is 23.7 Å². The summed E-state index contributed by atoms with van der Waals surface area (Å²) in [4.78, 5) is 0. The fourth-order valence-electron chi connectivity index (χ4n) is 1.44. The molecule has 0 amide bonds. The molecule has 2 rings (SSSR count). The van der Waals surface area contributed by atoms with Gasteiger partial charge in [-0.1, -0.05) is 26.0 Å². The van der Waals surface area contributed by atoms with Gasteiger partial charge in [0.1, 0.15) is 6.54 Å². The summed E-state index contributed by atoms with van der Waals surface area (Å²) in [5, 5.41) is 16.0. The Hall–Kier alpha value is -1.76. The third kappa shape index (κ3) is 2.92. The summed E-state index contributed by atoms with van der Waals surface area (Å²) in [7, 11) is 0. The van der Waals surface area contributed by atoms with Gasteiger partial charge < -0.3 is 10.2 Å². The number of hydrogen-bond acceptors (Lipinski definition) is 6. The third-order valence-electron chi connectivity index (χ3n) is 2.39. The van der Waals surface area contributed by atoms with E-state index in [9.17, 15) is 0 Å². The minimum atomic E-state index is -0.141. The minimum absolute atomic E-state index is 0.141. The van der Waals surface area contributed by atoms with Gasteiger partial charge in [-0.15, -0.1) is 15.3 Å². The second kappa shape index (κ2) is 4.85. The van der Waals surface area contributed by atoms with E-state index in [0.717, 1.165) is 12.1 Å². The van der Waals surface area contributed by atoms with Crippen molar-refractivity contribution in [1.82, 2.24) is 25.2 Å². The predicted molar refractivity (Wildman–Crippen MR) is 64.9 cm³/mol. The molecule has 0 aliphatic rings. The van der Waals surface area contributed by atoms with Crippen LogP contribution in [0.1, 0.15) is 38.2 Å². The molecule has 0 unspecified atom stereocenters. The Labute approximate surface area is 105 Å². The van der Waals surface area contributed by atoms with Gasteiger partial charge in [0, 0.05) is 18.0 Å². The van der Waals surface area contributed by atoms with Crippen molar-refractivity contribution in [2.24, 2.45) is 5.73 Å². The second-order valence-electron chi connectivity index (χ2n) is 5.20. The van der Waals surface area contributed by atoms with Crippen LogP contribution >= 0.6 is 0 Å². The van der Waals surface area contributed by atoms with Crippen molar-refractivity contribution in [2.75, 3.05) is 6.54 Å². The Balaban J connectivity index is 2.06.